The van der Waals surface area contributed by atoms with Crippen LogP contribution in [0.15, 0.2) is 18.2 Å². The number of carbonyl (C=O) groups is 2. The Labute approximate surface area is 124 Å². The molecule has 1 fully saturated rings. The summed E-state index contributed by atoms with van der Waals surface area (Å²) in [7, 11) is 0. The normalized spacial score (nSPS) is 16.2. The molecule has 0 atom stereocenters. The summed E-state index contributed by atoms with van der Waals surface area (Å²) in [4.78, 5) is 23.0. The van der Waals surface area contributed by atoms with Crippen molar-refractivity contribution >= 4 is 17.6 Å². The first-order valence-corrected chi connectivity index (χ1v) is 7.43. The summed E-state index contributed by atoms with van der Waals surface area (Å²) < 4.78 is 0. The summed E-state index contributed by atoms with van der Waals surface area (Å²) in [6.45, 7) is 0. The van der Waals surface area contributed by atoms with Crippen molar-refractivity contribution in [1.82, 2.24) is 0 Å². The fraction of sp³-hybridized carbons (Fsp3) is 0.500. The zero-order chi connectivity index (χ0) is 15.2. The van der Waals surface area contributed by atoms with Crippen molar-refractivity contribution in [2.75, 3.05) is 5.32 Å². The molecular formula is C16H21NO4. The molecule has 0 unspecified atom stereocenters. The highest BCUT2D eigenvalue weighted by molar-refractivity contribution is 5.97. The van der Waals surface area contributed by atoms with Crippen LogP contribution < -0.4 is 5.32 Å². The van der Waals surface area contributed by atoms with E-state index in [9.17, 15) is 14.7 Å². The number of nitrogens with one attached hydrogen (secondary N) is 1. The Bertz CT molecular complexity index is 519. The third kappa shape index (κ3) is 4.21. The first kappa shape index (κ1) is 15.4. The van der Waals surface area contributed by atoms with Crippen LogP contribution >= 0.6 is 0 Å². The topological polar surface area (TPSA) is 86.6 Å². The number of hydrogen-bond donors (Lipinski definition) is 3. The highest BCUT2D eigenvalue weighted by Gasteiger charge is 2.18. The van der Waals surface area contributed by atoms with Gasteiger partial charge >= 0.3 is 5.97 Å². The second kappa shape index (κ2) is 7.11. The van der Waals surface area contributed by atoms with Crippen molar-refractivity contribution in [3.8, 4) is 5.75 Å². The zero-order valence-corrected chi connectivity index (χ0v) is 12.0. The van der Waals surface area contributed by atoms with E-state index < -0.39 is 5.97 Å². The van der Waals surface area contributed by atoms with Gasteiger partial charge in [-0.15, -0.1) is 0 Å². The van der Waals surface area contributed by atoms with Crippen LogP contribution in [0.5, 0.6) is 5.75 Å². The van der Waals surface area contributed by atoms with Crippen molar-refractivity contribution in [2.45, 2.75) is 44.9 Å². The van der Waals surface area contributed by atoms with Crippen molar-refractivity contribution in [3.05, 3.63) is 23.8 Å². The molecule has 2 rings (SSSR count). The molecule has 0 saturated heterocycles. The molecule has 0 radical (unpaired) electrons. The molecular weight excluding hydrogens is 270 g/mol. The third-order valence-corrected chi connectivity index (χ3v) is 3.99. The maximum Gasteiger partial charge on any atom is 0.339 e. The second-order valence-corrected chi connectivity index (χ2v) is 5.62. The minimum Gasteiger partial charge on any atom is -0.505 e. The molecule has 5 nitrogen and oxygen atoms in total. The van der Waals surface area contributed by atoms with Gasteiger partial charge in [0, 0.05) is 6.42 Å². The summed E-state index contributed by atoms with van der Waals surface area (Å²) >= 11 is 0. The maximum absolute atomic E-state index is 12.1. The molecule has 0 heterocycles. The third-order valence-electron chi connectivity index (χ3n) is 3.99. The van der Waals surface area contributed by atoms with Crippen molar-refractivity contribution in [3.63, 3.8) is 0 Å². The average Bonchev–Trinajstić information content (AvgIpc) is 2.69. The molecule has 0 aliphatic heterocycles. The van der Waals surface area contributed by atoms with Crippen LogP contribution in [-0.4, -0.2) is 22.1 Å². The number of hydrogen-bond acceptors (Lipinski definition) is 3. The quantitative estimate of drug-likeness (QED) is 0.586. The maximum atomic E-state index is 12.1. The lowest BCUT2D eigenvalue weighted by atomic mass is 9.96. The Hall–Kier alpha value is -2.04. The molecule has 0 spiro atoms. The molecule has 1 aromatic carbocycles. The standard InChI is InChI=1S/C16H21NO4/c18-14(10-11-6-3-1-2-4-7-11)17-13-9-5-8-12(15(13)19)16(20)21/h5,8-9,11,19H,1-4,6-7,10H2,(H,17,18)(H,20,21). The Morgan fingerprint density at radius 3 is 2.43 bits per heavy atom. The first-order valence-electron chi connectivity index (χ1n) is 7.43. The summed E-state index contributed by atoms with van der Waals surface area (Å²) in [6, 6.07) is 4.32. The number of phenols is 1. The van der Waals surface area contributed by atoms with E-state index in [0.29, 0.717) is 12.3 Å². The van der Waals surface area contributed by atoms with E-state index in [0.717, 1.165) is 25.7 Å². The molecule has 1 aromatic rings. The van der Waals surface area contributed by atoms with Gasteiger partial charge in [0.25, 0.3) is 0 Å². The summed E-state index contributed by atoms with van der Waals surface area (Å²) in [5, 5.41) is 21.4. The Balaban J connectivity index is 1.99. The van der Waals surface area contributed by atoms with E-state index in [4.69, 9.17) is 5.11 Å². The molecule has 1 aliphatic rings. The van der Waals surface area contributed by atoms with E-state index in [1.165, 1.54) is 31.0 Å². The molecule has 1 aliphatic carbocycles. The predicted molar refractivity (Wildman–Crippen MR) is 79.5 cm³/mol. The van der Waals surface area contributed by atoms with Crippen LogP contribution in [0.4, 0.5) is 5.69 Å². The summed E-state index contributed by atoms with van der Waals surface area (Å²) in [6.07, 6.45) is 7.36. The van der Waals surface area contributed by atoms with Crippen molar-refractivity contribution < 1.29 is 19.8 Å². The molecule has 114 valence electrons. The number of carboxylic acids is 1. The predicted octanol–water partition coefficient (Wildman–Crippen LogP) is 3.39. The monoisotopic (exact) mass is 291 g/mol. The van der Waals surface area contributed by atoms with Gasteiger partial charge in [0.1, 0.15) is 5.56 Å². The lowest BCUT2D eigenvalue weighted by Gasteiger charge is -2.14. The summed E-state index contributed by atoms with van der Waals surface area (Å²) in [5.41, 5.74) is -0.0456. The van der Waals surface area contributed by atoms with E-state index >= 15 is 0 Å². The summed E-state index contributed by atoms with van der Waals surface area (Å²) in [5.74, 6) is -1.39. The fourth-order valence-electron chi connectivity index (χ4n) is 2.85. The van der Waals surface area contributed by atoms with Crippen LogP contribution in [-0.2, 0) is 4.79 Å². The number of rotatable bonds is 4. The van der Waals surface area contributed by atoms with Gasteiger partial charge < -0.3 is 15.5 Å². The van der Waals surface area contributed by atoms with Crippen molar-refractivity contribution in [2.24, 2.45) is 5.92 Å². The van der Waals surface area contributed by atoms with Gasteiger partial charge in [-0.2, -0.15) is 0 Å². The molecule has 1 amide bonds. The van der Waals surface area contributed by atoms with Gasteiger partial charge in [0.2, 0.25) is 5.91 Å². The molecule has 21 heavy (non-hydrogen) atoms. The number of aromatic hydroxyl groups is 1. The minimum atomic E-state index is -1.22. The Morgan fingerprint density at radius 1 is 1.14 bits per heavy atom. The van der Waals surface area contributed by atoms with Crippen molar-refractivity contribution in [1.29, 1.82) is 0 Å². The molecule has 3 N–H and O–H groups in total. The number of carbonyl (C=O) groups excluding carboxylic acids is 1. The Morgan fingerprint density at radius 2 is 1.81 bits per heavy atom. The second-order valence-electron chi connectivity index (χ2n) is 5.62. The van der Waals surface area contributed by atoms with Crippen LogP contribution in [0.2, 0.25) is 0 Å². The molecule has 1 saturated carbocycles. The fourth-order valence-corrected chi connectivity index (χ4v) is 2.85. The minimum absolute atomic E-state index is 0.161. The smallest absolute Gasteiger partial charge is 0.339 e. The first-order chi connectivity index (χ1) is 10.1. The van der Waals surface area contributed by atoms with E-state index in [-0.39, 0.29) is 22.9 Å². The highest BCUT2D eigenvalue weighted by Crippen LogP contribution is 2.29. The van der Waals surface area contributed by atoms with E-state index in [2.05, 4.69) is 5.32 Å². The number of benzene rings is 1. The van der Waals surface area contributed by atoms with Gasteiger partial charge in [-0.3, -0.25) is 4.79 Å². The molecule has 5 heteroatoms. The van der Waals surface area contributed by atoms with Gasteiger partial charge in [-0.25, -0.2) is 4.79 Å². The number of aromatic carboxylic acids is 1. The van der Waals surface area contributed by atoms with Gasteiger partial charge in [0.05, 0.1) is 5.69 Å². The van der Waals surface area contributed by atoms with Crippen LogP contribution in [0.1, 0.15) is 55.3 Å². The van der Waals surface area contributed by atoms with Crippen LogP contribution in [0.3, 0.4) is 0 Å². The molecule has 0 bridgehead atoms. The van der Waals surface area contributed by atoms with E-state index in [1.54, 1.807) is 0 Å². The SMILES string of the molecule is O=C(CC1CCCCCC1)Nc1cccc(C(=O)O)c1O. The largest absolute Gasteiger partial charge is 0.505 e. The zero-order valence-electron chi connectivity index (χ0n) is 12.0. The highest BCUT2D eigenvalue weighted by atomic mass is 16.4. The average molecular weight is 291 g/mol. The Kier molecular flexibility index (Phi) is 5.20. The number of amides is 1. The number of carboxylic acid groups (broad SMARTS) is 1. The van der Waals surface area contributed by atoms with Crippen LogP contribution in [0, 0.1) is 5.92 Å². The van der Waals surface area contributed by atoms with Gasteiger partial charge in [0.15, 0.2) is 5.75 Å². The molecule has 0 aromatic heterocycles. The lowest BCUT2D eigenvalue weighted by molar-refractivity contribution is -0.117. The van der Waals surface area contributed by atoms with Gasteiger partial charge in [-0.1, -0.05) is 31.7 Å². The number of anilines is 1. The van der Waals surface area contributed by atoms with E-state index in [1.807, 2.05) is 0 Å². The number of para-hydroxylation sites is 1. The van der Waals surface area contributed by atoms with Gasteiger partial charge in [-0.05, 0) is 30.9 Å². The van der Waals surface area contributed by atoms with Crippen LogP contribution in [0.25, 0.3) is 0 Å². The lowest BCUT2D eigenvalue weighted by Crippen LogP contribution is -2.16.